The highest BCUT2D eigenvalue weighted by atomic mass is 32.2. The highest BCUT2D eigenvalue weighted by Crippen LogP contribution is 2.24. The number of amides is 1. The molecule has 0 bridgehead atoms. The maximum atomic E-state index is 13.4. The molecule has 4 rings (SSSR count). The highest BCUT2D eigenvalue weighted by molar-refractivity contribution is 7.99. The van der Waals surface area contributed by atoms with Crippen molar-refractivity contribution in [2.24, 2.45) is 0 Å². The first kappa shape index (κ1) is 24.0. The number of fused-ring (bicyclic) bond motifs is 1. The number of carboxylic acids is 1. The van der Waals surface area contributed by atoms with E-state index in [0.29, 0.717) is 45.4 Å². The zero-order chi connectivity index (χ0) is 24.9. The van der Waals surface area contributed by atoms with Crippen LogP contribution in [0.5, 0.6) is 5.75 Å². The number of nitrogens with one attached hydrogen (secondary N) is 1. The van der Waals surface area contributed by atoms with Gasteiger partial charge in [0.05, 0.1) is 34.9 Å². The van der Waals surface area contributed by atoms with Crippen molar-refractivity contribution in [2.45, 2.75) is 19.0 Å². The minimum absolute atomic E-state index is 0.0286. The Bertz CT molecular complexity index is 1460. The first-order chi connectivity index (χ1) is 16.9. The van der Waals surface area contributed by atoms with Gasteiger partial charge in [0.1, 0.15) is 5.75 Å². The third-order valence-corrected chi connectivity index (χ3v) is 6.17. The van der Waals surface area contributed by atoms with Crippen molar-refractivity contribution in [3.8, 4) is 11.4 Å². The van der Waals surface area contributed by atoms with Crippen LogP contribution < -0.4 is 20.7 Å². The van der Waals surface area contributed by atoms with Crippen molar-refractivity contribution in [3.63, 3.8) is 0 Å². The molecule has 9 heteroatoms. The summed E-state index contributed by atoms with van der Waals surface area (Å²) in [5.41, 5.74) is 1.94. The molecule has 1 aromatic heterocycles. The van der Waals surface area contributed by atoms with Crippen LogP contribution in [0.3, 0.4) is 0 Å². The van der Waals surface area contributed by atoms with E-state index in [1.807, 2.05) is 6.92 Å². The summed E-state index contributed by atoms with van der Waals surface area (Å²) in [6.45, 7) is 4.18. The Morgan fingerprint density at radius 3 is 2.54 bits per heavy atom. The van der Waals surface area contributed by atoms with Crippen molar-refractivity contribution in [2.75, 3.05) is 17.7 Å². The maximum Gasteiger partial charge on any atom is 0.266 e. The van der Waals surface area contributed by atoms with Crippen molar-refractivity contribution in [1.29, 1.82) is 0 Å². The van der Waals surface area contributed by atoms with Crippen molar-refractivity contribution < 1.29 is 19.4 Å². The molecule has 1 heterocycles. The minimum atomic E-state index is -1.32. The fourth-order valence-electron chi connectivity index (χ4n) is 3.49. The maximum absolute atomic E-state index is 13.4. The van der Waals surface area contributed by atoms with Gasteiger partial charge in [0, 0.05) is 5.69 Å². The van der Waals surface area contributed by atoms with Gasteiger partial charge in [-0.1, -0.05) is 36.0 Å². The van der Waals surface area contributed by atoms with Crippen LogP contribution in [-0.2, 0) is 4.79 Å². The van der Waals surface area contributed by atoms with E-state index >= 15 is 0 Å². The van der Waals surface area contributed by atoms with Crippen LogP contribution in [-0.4, -0.2) is 33.8 Å². The number of para-hydroxylation sites is 1. The summed E-state index contributed by atoms with van der Waals surface area (Å²) >= 11 is 1.11. The Morgan fingerprint density at radius 1 is 1.09 bits per heavy atom. The average molecular weight is 489 g/mol. The number of anilines is 1. The molecule has 0 saturated heterocycles. The Hall–Kier alpha value is -4.11. The van der Waals surface area contributed by atoms with E-state index in [1.165, 1.54) is 16.7 Å². The number of carbonyl (C=O) groups is 2. The molecule has 0 spiro atoms. The quantitative estimate of drug-likeness (QED) is 0.299. The molecule has 4 aromatic rings. The largest absolute Gasteiger partial charge is 0.545 e. The number of hydrogen-bond acceptors (Lipinski definition) is 7. The van der Waals surface area contributed by atoms with Gasteiger partial charge in [0.25, 0.3) is 5.56 Å². The van der Waals surface area contributed by atoms with E-state index in [4.69, 9.17) is 4.74 Å². The molecule has 0 aliphatic heterocycles. The molecule has 35 heavy (non-hydrogen) atoms. The van der Waals surface area contributed by atoms with Crippen LogP contribution in [0.1, 0.15) is 22.8 Å². The smallest absolute Gasteiger partial charge is 0.266 e. The van der Waals surface area contributed by atoms with Crippen LogP contribution in [0.25, 0.3) is 16.6 Å². The third-order valence-electron chi connectivity index (χ3n) is 5.23. The Labute approximate surface area is 205 Å². The van der Waals surface area contributed by atoms with E-state index < -0.39 is 5.97 Å². The van der Waals surface area contributed by atoms with E-state index in [9.17, 15) is 19.5 Å². The van der Waals surface area contributed by atoms with Crippen molar-refractivity contribution in [1.82, 2.24) is 9.55 Å². The third kappa shape index (κ3) is 5.36. The normalized spacial score (nSPS) is 10.8. The lowest BCUT2D eigenvalue weighted by Crippen LogP contribution is -2.23. The lowest BCUT2D eigenvalue weighted by Gasteiger charge is -2.14. The van der Waals surface area contributed by atoms with Gasteiger partial charge in [-0.3, -0.25) is 14.2 Å². The number of nitrogens with zero attached hydrogens (tertiary/aromatic N) is 2. The molecule has 0 saturated carbocycles. The van der Waals surface area contributed by atoms with Crippen molar-refractivity contribution in [3.05, 3.63) is 88.2 Å². The van der Waals surface area contributed by atoms with Gasteiger partial charge >= 0.3 is 0 Å². The van der Waals surface area contributed by atoms with Gasteiger partial charge in [-0.25, -0.2) is 4.98 Å². The number of aromatic nitrogens is 2. The minimum Gasteiger partial charge on any atom is -0.545 e. The summed E-state index contributed by atoms with van der Waals surface area (Å²) < 4.78 is 6.96. The summed E-state index contributed by atoms with van der Waals surface area (Å²) in [7, 11) is 0. The molecule has 0 radical (unpaired) electrons. The molecule has 1 amide bonds. The summed E-state index contributed by atoms with van der Waals surface area (Å²) in [6.07, 6.45) is 0. The predicted octanol–water partition coefficient (Wildman–Crippen LogP) is 3.19. The number of benzene rings is 3. The zero-order valence-corrected chi connectivity index (χ0v) is 19.9. The van der Waals surface area contributed by atoms with Crippen LogP contribution >= 0.6 is 11.8 Å². The van der Waals surface area contributed by atoms with Gasteiger partial charge in [-0.2, -0.15) is 0 Å². The number of thioether (sulfide) groups is 1. The fourth-order valence-corrected chi connectivity index (χ4v) is 4.31. The molecule has 8 nitrogen and oxygen atoms in total. The molecular formula is C26H22N3O5S-. The van der Waals surface area contributed by atoms with Crippen LogP contribution in [0.2, 0.25) is 0 Å². The van der Waals surface area contributed by atoms with Crippen molar-refractivity contribution >= 4 is 40.2 Å². The summed E-state index contributed by atoms with van der Waals surface area (Å²) in [5, 5.41) is 14.7. The molecule has 0 aliphatic carbocycles. The lowest BCUT2D eigenvalue weighted by atomic mass is 10.1. The second-order valence-electron chi connectivity index (χ2n) is 7.63. The van der Waals surface area contributed by atoms with E-state index in [-0.39, 0.29) is 22.8 Å². The van der Waals surface area contributed by atoms with Gasteiger partial charge in [0.15, 0.2) is 5.16 Å². The van der Waals surface area contributed by atoms with E-state index in [2.05, 4.69) is 10.3 Å². The first-order valence-electron chi connectivity index (χ1n) is 10.9. The van der Waals surface area contributed by atoms with Gasteiger partial charge in [-0.15, -0.1) is 0 Å². The number of carbonyl (C=O) groups excluding carboxylic acids is 2. The number of aromatic carboxylic acids is 1. The standard InChI is InChI=1S/C26H23N3O5S/c1-3-34-19-12-10-18(11-13-19)29-24(31)20-6-4-5-7-21(20)28-26(29)35-15-23(30)27-22-14-17(25(32)33)9-8-16(22)2/h4-14H,3,15H2,1-2H3,(H,27,30)(H,32,33)/p-1. The van der Waals surface area contributed by atoms with Crippen LogP contribution in [0.4, 0.5) is 5.69 Å². The Kier molecular flexibility index (Phi) is 7.17. The molecule has 178 valence electrons. The van der Waals surface area contributed by atoms with Gasteiger partial charge in [-0.05, 0) is 67.4 Å². The first-order valence-corrected chi connectivity index (χ1v) is 11.9. The summed E-state index contributed by atoms with van der Waals surface area (Å²) in [5.74, 6) is -1.05. The zero-order valence-electron chi connectivity index (χ0n) is 19.1. The number of ether oxygens (including phenoxy) is 1. The molecular weight excluding hydrogens is 466 g/mol. The molecule has 0 fully saturated rings. The SMILES string of the molecule is CCOc1ccc(-n2c(SCC(=O)Nc3cc(C(=O)[O-])ccc3C)nc3ccccc3c2=O)cc1. The number of hydrogen-bond donors (Lipinski definition) is 1. The number of rotatable bonds is 8. The van der Waals surface area contributed by atoms with Crippen LogP contribution in [0.15, 0.2) is 76.7 Å². The average Bonchev–Trinajstić information content (AvgIpc) is 2.85. The fraction of sp³-hybridized carbons (Fsp3) is 0.154. The molecule has 0 unspecified atom stereocenters. The topological polar surface area (TPSA) is 113 Å². The predicted molar refractivity (Wildman–Crippen MR) is 133 cm³/mol. The number of carboxylic acid groups (broad SMARTS) is 1. The highest BCUT2D eigenvalue weighted by Gasteiger charge is 2.15. The summed E-state index contributed by atoms with van der Waals surface area (Å²) in [6, 6.07) is 18.5. The second kappa shape index (κ2) is 10.4. The van der Waals surface area contributed by atoms with Crippen LogP contribution in [0, 0.1) is 6.92 Å². The molecule has 1 N–H and O–H groups in total. The summed E-state index contributed by atoms with van der Waals surface area (Å²) in [4.78, 5) is 41.9. The molecule has 0 aliphatic rings. The lowest BCUT2D eigenvalue weighted by molar-refractivity contribution is -0.255. The monoisotopic (exact) mass is 488 g/mol. The number of aryl methyl sites for hydroxylation is 1. The Balaban J connectivity index is 1.64. The van der Waals surface area contributed by atoms with E-state index in [0.717, 1.165) is 11.8 Å². The second-order valence-corrected chi connectivity index (χ2v) is 8.58. The van der Waals surface area contributed by atoms with Gasteiger partial charge in [0.2, 0.25) is 5.91 Å². The Morgan fingerprint density at radius 2 is 1.83 bits per heavy atom. The van der Waals surface area contributed by atoms with E-state index in [1.54, 1.807) is 61.5 Å². The molecule has 0 atom stereocenters. The van der Waals surface area contributed by atoms with Gasteiger partial charge < -0.3 is 20.0 Å². The molecule has 3 aromatic carbocycles.